The van der Waals surface area contributed by atoms with Crippen molar-refractivity contribution in [1.82, 2.24) is 19.8 Å². The van der Waals surface area contributed by atoms with Gasteiger partial charge in [-0.2, -0.15) is 0 Å². The van der Waals surface area contributed by atoms with E-state index < -0.39 is 0 Å². The largest absolute Gasteiger partial charge is 0.330 e. The molecule has 0 atom stereocenters. The summed E-state index contributed by atoms with van der Waals surface area (Å²) in [6.45, 7) is 5.30. The van der Waals surface area contributed by atoms with Crippen molar-refractivity contribution in [2.75, 3.05) is 26.2 Å². The molecule has 1 aromatic heterocycles. The fourth-order valence-corrected chi connectivity index (χ4v) is 2.78. The normalized spacial score (nSPS) is 17.4. The van der Waals surface area contributed by atoms with Crippen LogP contribution < -0.4 is 5.32 Å². The first-order valence-corrected chi connectivity index (χ1v) is 7.07. The highest BCUT2D eigenvalue weighted by Crippen LogP contribution is 2.20. The van der Waals surface area contributed by atoms with Crippen LogP contribution in [0.3, 0.4) is 0 Å². The van der Waals surface area contributed by atoms with Crippen LogP contribution in [-0.2, 0) is 13.6 Å². The molecule has 5 heteroatoms. The fourth-order valence-electron chi connectivity index (χ4n) is 2.43. The number of aryl methyl sites for hydroxylation is 1. The van der Waals surface area contributed by atoms with Crippen molar-refractivity contribution < 1.29 is 0 Å². The summed E-state index contributed by atoms with van der Waals surface area (Å²) in [7, 11) is 2.10. The minimum Gasteiger partial charge on any atom is -0.330 e. The van der Waals surface area contributed by atoms with Crippen molar-refractivity contribution in [1.29, 1.82) is 0 Å². The van der Waals surface area contributed by atoms with Gasteiger partial charge in [0.05, 0.1) is 17.6 Å². The van der Waals surface area contributed by atoms with Gasteiger partial charge in [0, 0.05) is 37.7 Å². The van der Waals surface area contributed by atoms with Gasteiger partial charge in [0.15, 0.2) is 0 Å². The molecule has 2 heterocycles. The third-order valence-electron chi connectivity index (χ3n) is 3.51. The Balaban J connectivity index is 1.89. The van der Waals surface area contributed by atoms with Gasteiger partial charge in [-0.15, -0.1) is 0 Å². The van der Waals surface area contributed by atoms with Crippen molar-refractivity contribution >= 4 is 27.0 Å². The maximum absolute atomic E-state index is 4.74. The Morgan fingerprint density at radius 1 is 1.33 bits per heavy atom. The monoisotopic (exact) mass is 308 g/mol. The number of nitrogens with zero attached hydrogens (tertiary/aromatic N) is 3. The van der Waals surface area contributed by atoms with Crippen LogP contribution in [0.5, 0.6) is 0 Å². The third-order valence-corrected chi connectivity index (χ3v) is 4.00. The minimum atomic E-state index is 0.935. The zero-order chi connectivity index (χ0) is 12.5. The molecule has 0 amide bonds. The fraction of sp³-hybridized carbons (Fsp3) is 0.462. The van der Waals surface area contributed by atoms with E-state index in [9.17, 15) is 0 Å². The second-order valence-corrected chi connectivity index (χ2v) is 5.66. The highest BCUT2D eigenvalue weighted by molar-refractivity contribution is 9.10. The maximum Gasteiger partial charge on any atom is 0.123 e. The summed E-state index contributed by atoms with van der Waals surface area (Å²) in [4.78, 5) is 7.19. The highest BCUT2D eigenvalue weighted by Gasteiger charge is 2.14. The zero-order valence-electron chi connectivity index (χ0n) is 10.5. The molecule has 1 N–H and O–H groups in total. The van der Waals surface area contributed by atoms with Crippen LogP contribution >= 0.6 is 15.9 Å². The van der Waals surface area contributed by atoms with E-state index in [-0.39, 0.29) is 0 Å². The van der Waals surface area contributed by atoms with Gasteiger partial charge in [-0.1, -0.05) is 15.9 Å². The molecule has 0 bridgehead atoms. The summed E-state index contributed by atoms with van der Waals surface area (Å²) in [6, 6.07) is 6.27. The molecular formula is C13H17BrN4. The number of rotatable bonds is 2. The molecule has 2 aromatic rings. The lowest BCUT2D eigenvalue weighted by Gasteiger charge is -2.26. The molecule has 1 fully saturated rings. The summed E-state index contributed by atoms with van der Waals surface area (Å²) in [5.41, 5.74) is 2.26. The Bertz CT molecular complexity index is 557. The number of fused-ring (bicyclic) bond motifs is 1. The van der Waals surface area contributed by atoms with Crippen LogP contribution in [0.4, 0.5) is 0 Å². The molecule has 0 unspecified atom stereocenters. The van der Waals surface area contributed by atoms with Crippen molar-refractivity contribution in [3.63, 3.8) is 0 Å². The van der Waals surface area contributed by atoms with E-state index in [1.54, 1.807) is 0 Å². The molecule has 1 aliphatic rings. The van der Waals surface area contributed by atoms with Gasteiger partial charge in [0.1, 0.15) is 5.82 Å². The summed E-state index contributed by atoms with van der Waals surface area (Å²) in [6.07, 6.45) is 0. The summed E-state index contributed by atoms with van der Waals surface area (Å²) >= 11 is 3.50. The van der Waals surface area contributed by atoms with Gasteiger partial charge in [0.25, 0.3) is 0 Å². The quantitative estimate of drug-likeness (QED) is 0.917. The van der Waals surface area contributed by atoms with Crippen molar-refractivity contribution in [2.24, 2.45) is 7.05 Å². The molecule has 18 heavy (non-hydrogen) atoms. The Kier molecular flexibility index (Phi) is 3.37. The molecule has 0 saturated carbocycles. The van der Waals surface area contributed by atoms with Gasteiger partial charge in [-0.25, -0.2) is 4.98 Å². The summed E-state index contributed by atoms with van der Waals surface area (Å²) in [5, 5.41) is 3.37. The average molecular weight is 309 g/mol. The second kappa shape index (κ2) is 4.99. The first kappa shape index (κ1) is 12.1. The Morgan fingerprint density at radius 3 is 2.89 bits per heavy atom. The molecule has 96 valence electrons. The van der Waals surface area contributed by atoms with Gasteiger partial charge >= 0.3 is 0 Å². The standard InChI is InChI=1S/C13H17BrN4/c1-17-12-3-2-10(14)8-11(12)16-13(17)9-18-6-4-15-5-7-18/h2-3,8,15H,4-7,9H2,1H3. The molecular weight excluding hydrogens is 292 g/mol. The number of nitrogens with one attached hydrogen (secondary N) is 1. The third kappa shape index (κ3) is 2.30. The zero-order valence-corrected chi connectivity index (χ0v) is 12.1. The Morgan fingerprint density at radius 2 is 2.11 bits per heavy atom. The molecule has 0 radical (unpaired) electrons. The van der Waals surface area contributed by atoms with E-state index in [1.807, 2.05) is 0 Å². The number of piperazine rings is 1. The highest BCUT2D eigenvalue weighted by atomic mass is 79.9. The van der Waals surface area contributed by atoms with E-state index in [4.69, 9.17) is 4.98 Å². The maximum atomic E-state index is 4.74. The number of halogens is 1. The number of benzene rings is 1. The van der Waals surface area contributed by atoms with E-state index in [0.29, 0.717) is 0 Å². The molecule has 1 saturated heterocycles. The Hall–Kier alpha value is -0.910. The van der Waals surface area contributed by atoms with Crippen LogP contribution in [0.15, 0.2) is 22.7 Å². The molecule has 0 spiro atoms. The van der Waals surface area contributed by atoms with E-state index in [0.717, 1.165) is 48.5 Å². The van der Waals surface area contributed by atoms with Gasteiger partial charge < -0.3 is 9.88 Å². The minimum absolute atomic E-state index is 0.935. The predicted molar refractivity (Wildman–Crippen MR) is 76.6 cm³/mol. The number of hydrogen-bond donors (Lipinski definition) is 1. The lowest BCUT2D eigenvalue weighted by Crippen LogP contribution is -2.43. The topological polar surface area (TPSA) is 33.1 Å². The van der Waals surface area contributed by atoms with Crippen molar-refractivity contribution in [2.45, 2.75) is 6.54 Å². The molecule has 1 aliphatic heterocycles. The van der Waals surface area contributed by atoms with Gasteiger partial charge in [-0.05, 0) is 18.2 Å². The van der Waals surface area contributed by atoms with E-state index >= 15 is 0 Å². The van der Waals surface area contributed by atoms with Crippen LogP contribution in [-0.4, -0.2) is 40.6 Å². The lowest BCUT2D eigenvalue weighted by molar-refractivity contribution is 0.226. The molecule has 1 aromatic carbocycles. The SMILES string of the molecule is Cn1c(CN2CCNCC2)nc2cc(Br)ccc21. The first-order valence-electron chi connectivity index (χ1n) is 6.28. The average Bonchev–Trinajstić information content (AvgIpc) is 2.67. The number of aromatic nitrogens is 2. The van der Waals surface area contributed by atoms with Crippen LogP contribution in [0.25, 0.3) is 11.0 Å². The van der Waals surface area contributed by atoms with Crippen LogP contribution in [0.1, 0.15) is 5.82 Å². The van der Waals surface area contributed by atoms with E-state index in [1.165, 1.54) is 5.52 Å². The number of hydrogen-bond acceptors (Lipinski definition) is 3. The molecule has 4 nitrogen and oxygen atoms in total. The summed E-state index contributed by atoms with van der Waals surface area (Å²) in [5.74, 6) is 1.14. The first-order chi connectivity index (χ1) is 8.74. The second-order valence-electron chi connectivity index (χ2n) is 4.75. The van der Waals surface area contributed by atoms with Crippen molar-refractivity contribution in [3.05, 3.63) is 28.5 Å². The Labute approximate surface area is 115 Å². The smallest absolute Gasteiger partial charge is 0.123 e. The molecule has 0 aliphatic carbocycles. The summed E-state index contributed by atoms with van der Waals surface area (Å²) < 4.78 is 3.28. The lowest BCUT2D eigenvalue weighted by atomic mass is 10.3. The number of imidazole rings is 1. The predicted octanol–water partition coefficient (Wildman–Crippen LogP) is 1.74. The van der Waals surface area contributed by atoms with Crippen LogP contribution in [0.2, 0.25) is 0 Å². The van der Waals surface area contributed by atoms with Crippen molar-refractivity contribution in [3.8, 4) is 0 Å². The van der Waals surface area contributed by atoms with Crippen LogP contribution in [0, 0.1) is 0 Å². The van der Waals surface area contributed by atoms with Gasteiger partial charge in [0.2, 0.25) is 0 Å². The molecule has 3 rings (SSSR count). The van der Waals surface area contributed by atoms with E-state index in [2.05, 4.69) is 56.0 Å². The van der Waals surface area contributed by atoms with Gasteiger partial charge in [-0.3, -0.25) is 4.90 Å².